The first kappa shape index (κ1) is 27.0. The van der Waals surface area contributed by atoms with E-state index in [1.54, 1.807) is 35.0 Å². The number of hydrogen-bond acceptors (Lipinski definition) is 9. The van der Waals surface area contributed by atoms with Crippen LogP contribution in [-0.4, -0.2) is 40.0 Å². The molecule has 0 aliphatic rings. The zero-order valence-electron chi connectivity index (χ0n) is 19.1. The number of thiophene rings is 2. The molecule has 2 aromatic heterocycles. The van der Waals surface area contributed by atoms with Crippen molar-refractivity contribution < 1.29 is 31.5 Å². The van der Waals surface area contributed by atoms with Crippen LogP contribution in [0.2, 0.25) is 0 Å². The smallest absolute Gasteiger partial charge is 0.336 e. The van der Waals surface area contributed by atoms with E-state index in [1.165, 1.54) is 42.5 Å². The fourth-order valence-corrected chi connectivity index (χ4v) is 7.22. The van der Waals surface area contributed by atoms with Crippen molar-refractivity contribution in [1.82, 2.24) is 5.43 Å². The Kier molecular flexibility index (Phi) is 7.91. The van der Waals surface area contributed by atoms with E-state index in [0.717, 1.165) is 28.9 Å². The molecule has 1 amide bonds. The van der Waals surface area contributed by atoms with E-state index >= 15 is 0 Å². The van der Waals surface area contributed by atoms with Crippen molar-refractivity contribution in [2.75, 3.05) is 9.44 Å². The van der Waals surface area contributed by atoms with E-state index in [-0.39, 0.29) is 36.5 Å². The molecular formula is C23H18N4O7S4. The Labute approximate surface area is 225 Å². The van der Waals surface area contributed by atoms with Crippen LogP contribution in [0.5, 0.6) is 0 Å². The molecule has 4 N–H and O–H groups in total. The van der Waals surface area contributed by atoms with Gasteiger partial charge in [-0.1, -0.05) is 30.3 Å². The van der Waals surface area contributed by atoms with Gasteiger partial charge in [-0.25, -0.2) is 27.1 Å². The number of nitrogens with one attached hydrogen (secondary N) is 3. The topological polar surface area (TPSA) is 171 Å². The van der Waals surface area contributed by atoms with Gasteiger partial charge in [0.15, 0.2) is 0 Å². The Morgan fingerprint density at radius 1 is 0.789 bits per heavy atom. The van der Waals surface area contributed by atoms with Gasteiger partial charge in [0, 0.05) is 11.1 Å². The van der Waals surface area contributed by atoms with Gasteiger partial charge < -0.3 is 5.11 Å². The van der Waals surface area contributed by atoms with Gasteiger partial charge in [0.1, 0.15) is 8.42 Å². The van der Waals surface area contributed by atoms with Crippen LogP contribution in [0.4, 0.5) is 11.4 Å². The number of hydrogen-bond donors (Lipinski definition) is 4. The minimum absolute atomic E-state index is 0.0229. The number of carbonyl (C=O) groups is 2. The molecular weight excluding hydrogens is 573 g/mol. The van der Waals surface area contributed by atoms with Crippen molar-refractivity contribution in [2.24, 2.45) is 5.10 Å². The van der Waals surface area contributed by atoms with E-state index in [0.29, 0.717) is 0 Å². The zero-order chi connectivity index (χ0) is 27.3. The lowest BCUT2D eigenvalue weighted by Crippen LogP contribution is -2.20. The van der Waals surface area contributed by atoms with Crippen LogP contribution >= 0.6 is 22.7 Å². The van der Waals surface area contributed by atoms with Crippen LogP contribution in [0.15, 0.2) is 91.0 Å². The number of carboxylic acid groups (broad SMARTS) is 1. The van der Waals surface area contributed by atoms with Gasteiger partial charge in [-0.15, -0.1) is 22.7 Å². The van der Waals surface area contributed by atoms with Crippen LogP contribution in [0.1, 0.15) is 26.3 Å². The van der Waals surface area contributed by atoms with E-state index in [2.05, 4.69) is 20.0 Å². The highest BCUT2D eigenvalue weighted by atomic mass is 32.3. The number of aromatic carboxylic acids is 1. The van der Waals surface area contributed by atoms with Gasteiger partial charge in [0.2, 0.25) is 0 Å². The summed E-state index contributed by atoms with van der Waals surface area (Å²) >= 11 is 1.97. The zero-order valence-corrected chi connectivity index (χ0v) is 22.3. The van der Waals surface area contributed by atoms with E-state index in [4.69, 9.17) is 0 Å². The first-order valence-corrected chi connectivity index (χ1v) is 15.2. The number of amides is 1. The highest BCUT2D eigenvalue weighted by molar-refractivity contribution is 7.95. The molecule has 196 valence electrons. The third-order valence-electron chi connectivity index (χ3n) is 4.78. The highest BCUT2D eigenvalue weighted by Gasteiger charge is 2.20. The third kappa shape index (κ3) is 6.44. The van der Waals surface area contributed by atoms with E-state index in [9.17, 15) is 31.5 Å². The molecule has 0 spiro atoms. The van der Waals surface area contributed by atoms with Gasteiger partial charge in [0.25, 0.3) is 26.0 Å². The van der Waals surface area contributed by atoms with Crippen molar-refractivity contribution >= 4 is 72.2 Å². The summed E-state index contributed by atoms with van der Waals surface area (Å²) in [5.41, 5.74) is 2.18. The number of rotatable bonds is 10. The second-order valence-corrected chi connectivity index (χ2v) is 13.2. The fourth-order valence-electron chi connectivity index (χ4n) is 3.15. The number of sulfonamides is 2. The van der Waals surface area contributed by atoms with Crippen molar-refractivity contribution in [3.8, 4) is 0 Å². The van der Waals surface area contributed by atoms with Crippen LogP contribution in [0, 0.1) is 0 Å². The average Bonchev–Trinajstić information content (AvgIpc) is 3.59. The molecule has 15 heteroatoms. The van der Waals surface area contributed by atoms with E-state index in [1.807, 2.05) is 0 Å². The number of nitrogens with zero attached hydrogens (tertiary/aromatic N) is 1. The minimum atomic E-state index is -4.01. The first-order chi connectivity index (χ1) is 18.0. The van der Waals surface area contributed by atoms with Gasteiger partial charge in [-0.2, -0.15) is 5.10 Å². The van der Waals surface area contributed by atoms with Gasteiger partial charge in [-0.3, -0.25) is 14.2 Å². The highest BCUT2D eigenvalue weighted by Crippen LogP contribution is 2.27. The van der Waals surface area contributed by atoms with Crippen LogP contribution in [0.3, 0.4) is 0 Å². The Morgan fingerprint density at radius 3 is 1.84 bits per heavy atom. The summed E-state index contributed by atoms with van der Waals surface area (Å²) in [6, 6.07) is 15.6. The number of benzene rings is 2. The van der Waals surface area contributed by atoms with Crippen molar-refractivity contribution in [3.63, 3.8) is 0 Å². The maximum Gasteiger partial charge on any atom is 0.336 e. The summed E-state index contributed by atoms with van der Waals surface area (Å²) in [7, 11) is -8.01. The molecule has 2 heterocycles. The van der Waals surface area contributed by atoms with Crippen molar-refractivity contribution in [2.45, 2.75) is 8.42 Å². The normalized spacial score (nSPS) is 11.8. The number of carbonyl (C=O) groups excluding carboxylic acids is 1. The summed E-state index contributed by atoms with van der Waals surface area (Å²) in [4.78, 5) is 24.2. The SMILES string of the molecule is O=C(N/N=C\c1ccccc1C(=O)O)c1cc(NS(=O)(=O)c2cccs2)cc(NS(=O)(=O)c2cccs2)c1. The fraction of sp³-hybridized carbons (Fsp3) is 0. The summed E-state index contributed by atoms with van der Waals surface area (Å²) in [6.45, 7) is 0. The molecule has 0 unspecified atom stereocenters. The average molecular weight is 591 g/mol. The van der Waals surface area contributed by atoms with Crippen molar-refractivity contribution in [3.05, 3.63) is 94.2 Å². The lowest BCUT2D eigenvalue weighted by Gasteiger charge is -2.12. The number of anilines is 2. The van der Waals surface area contributed by atoms with Crippen molar-refractivity contribution in [1.29, 1.82) is 0 Å². The molecule has 0 fully saturated rings. The summed E-state index contributed by atoms with van der Waals surface area (Å²) in [5, 5.41) is 16.2. The standard InChI is InChI=1S/C23H18N4O7S4/c28-22(25-24-14-15-5-1-2-6-19(15)23(29)30)16-11-17(26-37(31,32)20-7-3-9-35-20)13-18(12-16)27-38(33,34)21-8-4-10-36-21/h1-14,26-27H,(H,25,28)(H,29,30)/b24-14-. The molecule has 4 aromatic rings. The summed E-state index contributed by atoms with van der Waals surface area (Å²) in [5.74, 6) is -1.98. The van der Waals surface area contributed by atoms with Crippen LogP contribution < -0.4 is 14.9 Å². The molecule has 0 radical (unpaired) electrons. The predicted octanol–water partition coefficient (Wildman–Crippen LogP) is 3.87. The first-order valence-electron chi connectivity index (χ1n) is 10.5. The molecule has 11 nitrogen and oxygen atoms in total. The summed E-state index contributed by atoms with van der Waals surface area (Å²) in [6.07, 6.45) is 1.14. The molecule has 38 heavy (non-hydrogen) atoms. The molecule has 2 aromatic carbocycles. The molecule has 4 rings (SSSR count). The third-order valence-corrected chi connectivity index (χ3v) is 10.3. The predicted molar refractivity (Wildman–Crippen MR) is 145 cm³/mol. The lowest BCUT2D eigenvalue weighted by molar-refractivity contribution is 0.0696. The summed E-state index contributed by atoms with van der Waals surface area (Å²) < 4.78 is 55.7. The Hall–Kier alpha value is -4.05. The maximum absolute atomic E-state index is 12.9. The number of carboxylic acids is 1. The molecule has 0 aliphatic heterocycles. The molecule has 0 bridgehead atoms. The Balaban J connectivity index is 1.64. The second-order valence-electron chi connectivity index (χ2n) is 7.47. The maximum atomic E-state index is 12.9. The molecule has 0 saturated carbocycles. The molecule has 0 atom stereocenters. The van der Waals surface area contributed by atoms with Gasteiger partial charge >= 0.3 is 5.97 Å². The largest absolute Gasteiger partial charge is 0.478 e. The van der Waals surface area contributed by atoms with Gasteiger partial charge in [0.05, 0.1) is 23.2 Å². The number of hydrazone groups is 1. The Morgan fingerprint density at radius 2 is 1.34 bits per heavy atom. The van der Waals surface area contributed by atoms with Gasteiger partial charge in [-0.05, 0) is 47.2 Å². The second kappa shape index (κ2) is 11.1. The minimum Gasteiger partial charge on any atom is -0.478 e. The Bertz CT molecular complexity index is 1630. The van der Waals surface area contributed by atoms with E-state index < -0.39 is 31.9 Å². The monoisotopic (exact) mass is 590 g/mol. The van der Waals surface area contributed by atoms with Crippen LogP contribution in [-0.2, 0) is 20.0 Å². The van der Waals surface area contributed by atoms with Crippen LogP contribution in [0.25, 0.3) is 0 Å². The molecule has 0 aliphatic carbocycles. The lowest BCUT2D eigenvalue weighted by atomic mass is 10.1. The quantitative estimate of drug-likeness (QED) is 0.160. The molecule has 0 saturated heterocycles.